The highest BCUT2D eigenvalue weighted by molar-refractivity contribution is 5.98. The van der Waals surface area contributed by atoms with Gasteiger partial charge < -0.3 is 49.4 Å². The Morgan fingerprint density at radius 1 is 0.887 bits per heavy atom. The summed E-state index contributed by atoms with van der Waals surface area (Å²) in [6.45, 7) is 7.93. The molecule has 2 aromatic carbocycles. The Morgan fingerprint density at radius 3 is 2.06 bits per heavy atom. The number of esters is 1. The number of hydrogen-bond donors (Lipinski definition) is 4. The molecule has 0 bridgehead atoms. The fraction of sp³-hybridized carbons (Fsp3) is 0.462. The van der Waals surface area contributed by atoms with Gasteiger partial charge in [0.05, 0.1) is 32.8 Å². The molecule has 14 nitrogen and oxygen atoms in total. The number of carboxylic acids is 1. The normalized spacial score (nSPS) is 11.1. The van der Waals surface area contributed by atoms with Crippen LogP contribution in [0.3, 0.4) is 0 Å². The predicted molar refractivity (Wildman–Crippen MR) is 201 cm³/mol. The van der Waals surface area contributed by atoms with Crippen LogP contribution < -0.4 is 30.7 Å². The predicted octanol–water partition coefficient (Wildman–Crippen LogP) is 5.29. The van der Waals surface area contributed by atoms with Gasteiger partial charge in [-0.1, -0.05) is 23.3 Å². The minimum Gasteiger partial charge on any atom is -0.507 e. The van der Waals surface area contributed by atoms with E-state index in [4.69, 9.17) is 23.7 Å². The van der Waals surface area contributed by atoms with E-state index in [1.807, 2.05) is 39.8 Å². The third kappa shape index (κ3) is 12.4. The highest BCUT2D eigenvalue weighted by Crippen LogP contribution is 2.41. The first kappa shape index (κ1) is 43.8. The number of aldehydes is 1. The number of nitrogens with two attached hydrogens (primary N) is 1. The number of methoxy groups -OCH3 is 2. The molecule has 0 spiro atoms. The number of allylic oxidation sites excluding steroid dienone is 4. The Bertz CT molecular complexity index is 1870. The number of phenols is 1. The van der Waals surface area contributed by atoms with E-state index in [2.05, 4.69) is 15.8 Å². The number of benzene rings is 2. The molecule has 3 rings (SSSR count). The summed E-state index contributed by atoms with van der Waals surface area (Å²) in [6.07, 6.45) is 5.72. The third-order valence-corrected chi connectivity index (χ3v) is 7.94. The lowest BCUT2D eigenvalue weighted by atomic mass is 9.98. The van der Waals surface area contributed by atoms with Crippen LogP contribution in [0.1, 0.15) is 77.3 Å². The van der Waals surface area contributed by atoms with E-state index in [0.717, 1.165) is 24.5 Å². The first-order valence-corrected chi connectivity index (χ1v) is 17.3. The number of carbonyl (C=O) groups is 4. The minimum atomic E-state index is -1.11. The summed E-state index contributed by atoms with van der Waals surface area (Å²) >= 11 is 0. The topological polar surface area (TPSA) is 214 Å². The highest BCUT2D eigenvalue weighted by Gasteiger charge is 2.25. The molecule has 1 unspecified atom stereocenters. The summed E-state index contributed by atoms with van der Waals surface area (Å²) < 4.78 is 28.7. The summed E-state index contributed by atoms with van der Waals surface area (Å²) in [5.41, 5.74) is 7.18. The minimum absolute atomic E-state index is 0.0262. The fourth-order valence-corrected chi connectivity index (χ4v) is 5.36. The van der Waals surface area contributed by atoms with Gasteiger partial charge in [0.2, 0.25) is 11.3 Å². The van der Waals surface area contributed by atoms with E-state index in [0.29, 0.717) is 41.9 Å². The first-order valence-electron chi connectivity index (χ1n) is 17.3. The molecule has 0 fully saturated rings. The number of phenolic OH excluding ortho intramolecular Hbond substituents is 1. The zero-order valence-electron chi connectivity index (χ0n) is 31.6. The largest absolute Gasteiger partial charge is 0.507 e. The average molecular weight is 741 g/mol. The third-order valence-electron chi connectivity index (χ3n) is 7.94. The number of aliphatic carboxylic acids is 1. The molecule has 0 aliphatic rings. The molecule has 1 amide bonds. The fourth-order valence-electron chi connectivity index (χ4n) is 5.36. The van der Waals surface area contributed by atoms with Gasteiger partial charge in [0, 0.05) is 42.5 Å². The van der Waals surface area contributed by atoms with Gasteiger partial charge in [-0.3, -0.25) is 14.4 Å². The standard InChI is InChI=1S/C38H47NO12.CH5N/c1-22(2)11-13-24-27(49-19-9-10-31(41)39-26(38(46)48-6)15-16-32(42)43)20-29-34(35(24)44)36(45)33-25(14-12-23(3)4)37(47-5)30(21-28(33)51-29)50-18-8-7-17-40;1-2/h11-12,17,20-21,26,44H,7-10,13-16,18-19H2,1-6H3,(H,39,41)(H,42,43);2H2,1H3. The van der Waals surface area contributed by atoms with Crippen LogP contribution in [0, 0.1) is 0 Å². The number of carboxylic acid groups (broad SMARTS) is 1. The molecule has 53 heavy (non-hydrogen) atoms. The van der Waals surface area contributed by atoms with Crippen molar-refractivity contribution in [3.63, 3.8) is 0 Å². The smallest absolute Gasteiger partial charge is 0.328 e. The van der Waals surface area contributed by atoms with Gasteiger partial charge in [-0.2, -0.15) is 0 Å². The number of unbranched alkanes of at least 4 members (excludes halogenated alkanes) is 1. The summed E-state index contributed by atoms with van der Waals surface area (Å²) in [6, 6.07) is 2.00. The van der Waals surface area contributed by atoms with Gasteiger partial charge in [0.1, 0.15) is 40.4 Å². The molecule has 0 saturated heterocycles. The van der Waals surface area contributed by atoms with Crippen LogP contribution in [0.5, 0.6) is 23.0 Å². The molecule has 3 aromatic rings. The Hall–Kier alpha value is -5.37. The Kier molecular flexibility index (Phi) is 18.1. The maximum Gasteiger partial charge on any atom is 0.328 e. The number of hydrogen-bond acceptors (Lipinski definition) is 12. The highest BCUT2D eigenvalue weighted by atomic mass is 16.5. The first-order chi connectivity index (χ1) is 25.3. The molecule has 1 heterocycles. The van der Waals surface area contributed by atoms with Crippen molar-refractivity contribution >= 4 is 46.1 Å². The molecular weight excluding hydrogens is 688 g/mol. The lowest BCUT2D eigenvalue weighted by Crippen LogP contribution is -2.41. The maximum absolute atomic E-state index is 14.3. The number of nitrogens with one attached hydrogen (secondary N) is 1. The van der Waals surface area contributed by atoms with Crippen LogP contribution in [-0.2, 0) is 36.8 Å². The zero-order valence-corrected chi connectivity index (χ0v) is 31.6. The molecule has 5 N–H and O–H groups in total. The van der Waals surface area contributed by atoms with Crippen molar-refractivity contribution in [1.29, 1.82) is 0 Å². The molecule has 1 atom stereocenters. The maximum atomic E-state index is 14.3. The molecular formula is C39H52N2O12. The molecule has 0 aliphatic carbocycles. The lowest BCUT2D eigenvalue weighted by Gasteiger charge is -2.18. The summed E-state index contributed by atoms with van der Waals surface area (Å²) in [5.74, 6) is -1.71. The van der Waals surface area contributed by atoms with E-state index in [-0.39, 0.29) is 78.8 Å². The number of carbonyl (C=O) groups excluding carboxylic acids is 3. The SMILES string of the molecule is CN.COC(=O)C(CCC(=O)O)NC(=O)CCCOc1cc2oc3cc(OCCCC=O)c(OC)c(CC=C(C)C)c3c(=O)c2c(O)c1CC=C(C)C. The average Bonchev–Trinajstić information content (AvgIpc) is 3.12. The Morgan fingerprint density at radius 2 is 1.47 bits per heavy atom. The molecule has 0 saturated carbocycles. The molecule has 290 valence electrons. The van der Waals surface area contributed by atoms with Crippen molar-refractivity contribution in [2.45, 2.75) is 85.1 Å². The summed E-state index contributed by atoms with van der Waals surface area (Å²) in [7, 11) is 4.13. The van der Waals surface area contributed by atoms with Gasteiger partial charge in [-0.25, -0.2) is 4.79 Å². The second-order valence-corrected chi connectivity index (χ2v) is 12.4. The van der Waals surface area contributed by atoms with Gasteiger partial charge in [0.25, 0.3) is 0 Å². The number of fused-ring (bicyclic) bond motifs is 2. The molecule has 14 heteroatoms. The number of ether oxygens (including phenoxy) is 4. The van der Waals surface area contributed by atoms with E-state index >= 15 is 0 Å². The number of aromatic hydroxyl groups is 1. The van der Waals surface area contributed by atoms with Crippen LogP contribution in [0.25, 0.3) is 21.9 Å². The van der Waals surface area contributed by atoms with E-state index in [9.17, 15) is 29.1 Å². The second kappa shape index (κ2) is 21.9. The van der Waals surface area contributed by atoms with Gasteiger partial charge in [-0.05, 0) is 66.8 Å². The van der Waals surface area contributed by atoms with Crippen LogP contribution in [-0.4, -0.2) is 74.9 Å². The van der Waals surface area contributed by atoms with Gasteiger partial charge in [0.15, 0.2) is 11.5 Å². The Labute approximate surface area is 308 Å². The van der Waals surface area contributed by atoms with Crippen LogP contribution >= 0.6 is 0 Å². The van der Waals surface area contributed by atoms with Crippen LogP contribution in [0.2, 0.25) is 0 Å². The van der Waals surface area contributed by atoms with Crippen LogP contribution in [0.4, 0.5) is 0 Å². The quantitative estimate of drug-likeness (QED) is 0.0381. The van der Waals surface area contributed by atoms with Crippen molar-refractivity contribution in [3.8, 4) is 23.0 Å². The van der Waals surface area contributed by atoms with Crippen molar-refractivity contribution in [1.82, 2.24) is 5.32 Å². The van der Waals surface area contributed by atoms with Crippen molar-refractivity contribution in [2.24, 2.45) is 5.73 Å². The van der Waals surface area contributed by atoms with Gasteiger partial charge in [-0.15, -0.1) is 0 Å². The molecule has 1 aromatic heterocycles. The van der Waals surface area contributed by atoms with E-state index in [1.54, 1.807) is 6.07 Å². The van der Waals surface area contributed by atoms with Gasteiger partial charge >= 0.3 is 11.9 Å². The van der Waals surface area contributed by atoms with Crippen LogP contribution in [0.15, 0.2) is 44.6 Å². The number of rotatable bonds is 20. The lowest BCUT2D eigenvalue weighted by molar-refractivity contribution is -0.146. The molecule has 0 radical (unpaired) electrons. The second-order valence-electron chi connectivity index (χ2n) is 12.4. The summed E-state index contributed by atoms with van der Waals surface area (Å²) in [4.78, 5) is 60.7. The molecule has 0 aliphatic heterocycles. The Balaban J connectivity index is 0.00000477. The summed E-state index contributed by atoms with van der Waals surface area (Å²) in [5, 5.41) is 23.3. The number of amides is 1. The van der Waals surface area contributed by atoms with E-state index < -0.39 is 29.3 Å². The van der Waals surface area contributed by atoms with Crippen molar-refractivity contribution in [3.05, 3.63) is 56.8 Å². The monoisotopic (exact) mass is 740 g/mol. The van der Waals surface area contributed by atoms with Crippen molar-refractivity contribution in [2.75, 3.05) is 34.5 Å². The van der Waals surface area contributed by atoms with Crippen molar-refractivity contribution < 1.29 is 52.8 Å². The zero-order chi connectivity index (χ0) is 39.7. The van der Waals surface area contributed by atoms with E-state index in [1.165, 1.54) is 20.2 Å².